The van der Waals surface area contributed by atoms with E-state index in [0.29, 0.717) is 26.1 Å². The van der Waals surface area contributed by atoms with Crippen molar-refractivity contribution >= 4 is 11.8 Å². The topological polar surface area (TPSA) is 86.4 Å². The van der Waals surface area contributed by atoms with Crippen LogP contribution in [0.2, 0.25) is 0 Å². The molecule has 7 heteroatoms. The van der Waals surface area contributed by atoms with Crippen molar-refractivity contribution in [3.05, 3.63) is 66.0 Å². The summed E-state index contributed by atoms with van der Waals surface area (Å²) in [6, 6.07) is 14.0. The van der Waals surface area contributed by atoms with Crippen LogP contribution in [0.3, 0.4) is 0 Å². The molecule has 158 valence electrons. The first-order valence-electron chi connectivity index (χ1n) is 10.7. The molecule has 0 saturated carbocycles. The van der Waals surface area contributed by atoms with Gasteiger partial charge in [-0.25, -0.2) is 10.9 Å². The predicted octanol–water partition coefficient (Wildman–Crippen LogP) is 1.59. The third-order valence-electron chi connectivity index (χ3n) is 6.04. The van der Waals surface area contributed by atoms with Crippen molar-refractivity contribution in [3.8, 4) is 0 Å². The molecule has 1 aromatic carbocycles. The number of nitrogens with zero attached hydrogens (tertiary/aromatic N) is 2. The van der Waals surface area contributed by atoms with Crippen molar-refractivity contribution in [2.24, 2.45) is 5.92 Å². The number of hydrazine groups is 1. The number of pyridine rings is 1. The van der Waals surface area contributed by atoms with Gasteiger partial charge in [-0.15, -0.1) is 0 Å². The number of aromatic nitrogens is 1. The standard InChI is InChI=1S/C23H29N5O2/c29-22(25-13-6-17-4-2-1-3-5-17)19-9-14-28(15-10-19)23(30)21-16-20(26-27-21)18-7-11-24-12-8-18/h1-5,7-8,11-12,19-21,26-27H,6,9-10,13-16H2,(H,25,29). The summed E-state index contributed by atoms with van der Waals surface area (Å²) in [5.74, 6) is 0.211. The van der Waals surface area contributed by atoms with Crippen LogP contribution >= 0.6 is 0 Å². The second kappa shape index (κ2) is 9.82. The molecule has 2 fully saturated rings. The molecule has 30 heavy (non-hydrogen) atoms. The van der Waals surface area contributed by atoms with E-state index < -0.39 is 0 Å². The van der Waals surface area contributed by atoms with Crippen LogP contribution in [-0.4, -0.2) is 47.4 Å². The first kappa shape index (κ1) is 20.5. The smallest absolute Gasteiger partial charge is 0.241 e. The average Bonchev–Trinajstić information content (AvgIpc) is 3.30. The molecule has 3 N–H and O–H groups in total. The van der Waals surface area contributed by atoms with Crippen LogP contribution in [0, 0.1) is 5.92 Å². The van der Waals surface area contributed by atoms with Crippen LogP contribution in [0.1, 0.15) is 36.4 Å². The van der Waals surface area contributed by atoms with E-state index in [1.165, 1.54) is 5.56 Å². The largest absolute Gasteiger partial charge is 0.356 e. The molecule has 2 atom stereocenters. The molecule has 7 nitrogen and oxygen atoms in total. The van der Waals surface area contributed by atoms with Gasteiger partial charge in [0.05, 0.1) is 0 Å². The minimum Gasteiger partial charge on any atom is -0.356 e. The van der Waals surface area contributed by atoms with Gasteiger partial charge >= 0.3 is 0 Å². The molecule has 3 heterocycles. The van der Waals surface area contributed by atoms with Crippen molar-refractivity contribution < 1.29 is 9.59 Å². The molecule has 0 aliphatic carbocycles. The summed E-state index contributed by atoms with van der Waals surface area (Å²) >= 11 is 0. The molecular weight excluding hydrogens is 378 g/mol. The number of hydrogen-bond donors (Lipinski definition) is 3. The third kappa shape index (κ3) is 5.04. The predicted molar refractivity (Wildman–Crippen MR) is 114 cm³/mol. The lowest BCUT2D eigenvalue weighted by Gasteiger charge is -2.32. The molecule has 1 aromatic heterocycles. The minimum atomic E-state index is -0.237. The summed E-state index contributed by atoms with van der Waals surface area (Å²) in [6.07, 6.45) is 6.52. The molecule has 0 radical (unpaired) electrons. The van der Waals surface area contributed by atoms with Gasteiger partial charge in [-0.05, 0) is 48.9 Å². The van der Waals surface area contributed by atoms with Gasteiger partial charge in [0.1, 0.15) is 6.04 Å². The number of nitrogens with one attached hydrogen (secondary N) is 3. The van der Waals surface area contributed by atoms with E-state index in [1.54, 1.807) is 12.4 Å². The summed E-state index contributed by atoms with van der Waals surface area (Å²) in [7, 11) is 0. The summed E-state index contributed by atoms with van der Waals surface area (Å²) in [4.78, 5) is 31.3. The quantitative estimate of drug-likeness (QED) is 0.677. The van der Waals surface area contributed by atoms with Crippen LogP contribution in [0.15, 0.2) is 54.9 Å². The van der Waals surface area contributed by atoms with Crippen LogP contribution in [-0.2, 0) is 16.0 Å². The molecule has 0 spiro atoms. The number of hydrogen-bond acceptors (Lipinski definition) is 5. The Balaban J connectivity index is 1.19. The van der Waals surface area contributed by atoms with Crippen molar-refractivity contribution in [3.63, 3.8) is 0 Å². The van der Waals surface area contributed by atoms with E-state index in [2.05, 4.69) is 33.3 Å². The lowest BCUT2D eigenvalue weighted by molar-refractivity contribution is -0.137. The number of amides is 2. The second-order valence-electron chi connectivity index (χ2n) is 8.04. The maximum atomic E-state index is 12.9. The molecule has 2 saturated heterocycles. The number of piperidine rings is 1. The van der Waals surface area contributed by atoms with Crippen molar-refractivity contribution in [2.75, 3.05) is 19.6 Å². The SMILES string of the molecule is O=C(NCCc1ccccc1)C1CCN(C(=O)C2CC(c3ccncc3)NN2)CC1. The monoisotopic (exact) mass is 407 g/mol. The number of carbonyl (C=O) groups excluding carboxylic acids is 2. The van der Waals surface area contributed by atoms with Gasteiger partial charge in [0.25, 0.3) is 0 Å². The lowest BCUT2D eigenvalue weighted by Crippen LogP contribution is -2.49. The van der Waals surface area contributed by atoms with Gasteiger partial charge in [-0.1, -0.05) is 30.3 Å². The zero-order valence-electron chi connectivity index (χ0n) is 17.1. The first-order chi connectivity index (χ1) is 14.7. The van der Waals surface area contributed by atoms with Crippen LogP contribution in [0.4, 0.5) is 0 Å². The highest BCUT2D eigenvalue weighted by Crippen LogP contribution is 2.24. The molecule has 2 amide bonds. The van der Waals surface area contributed by atoms with Crippen molar-refractivity contribution in [1.29, 1.82) is 0 Å². The number of rotatable bonds is 6. The van der Waals surface area contributed by atoms with Crippen molar-refractivity contribution in [2.45, 2.75) is 37.8 Å². The summed E-state index contributed by atoms with van der Waals surface area (Å²) < 4.78 is 0. The van der Waals surface area contributed by atoms with E-state index in [-0.39, 0.29) is 29.8 Å². The molecule has 0 bridgehead atoms. The van der Waals surface area contributed by atoms with Gasteiger partial charge in [0.2, 0.25) is 11.8 Å². The van der Waals surface area contributed by atoms with Gasteiger partial charge in [-0.2, -0.15) is 0 Å². The number of likely N-dealkylation sites (tertiary alicyclic amines) is 1. The van der Waals surface area contributed by atoms with E-state index in [0.717, 1.165) is 24.8 Å². The highest BCUT2D eigenvalue weighted by Gasteiger charge is 2.35. The lowest BCUT2D eigenvalue weighted by atomic mass is 9.94. The van der Waals surface area contributed by atoms with Crippen LogP contribution in [0.5, 0.6) is 0 Å². The minimum absolute atomic E-state index is 0.0101. The number of carbonyl (C=O) groups is 2. The molecule has 4 rings (SSSR count). The zero-order valence-corrected chi connectivity index (χ0v) is 17.1. The van der Waals surface area contributed by atoms with Gasteiger partial charge in [-0.3, -0.25) is 14.6 Å². The third-order valence-corrected chi connectivity index (χ3v) is 6.04. The van der Waals surface area contributed by atoms with Crippen molar-refractivity contribution in [1.82, 2.24) is 26.1 Å². The van der Waals surface area contributed by atoms with E-state index in [4.69, 9.17) is 0 Å². The molecule has 2 aliphatic heterocycles. The maximum Gasteiger partial charge on any atom is 0.241 e. The fraction of sp³-hybridized carbons (Fsp3) is 0.435. The molecular formula is C23H29N5O2. The van der Waals surface area contributed by atoms with Crippen LogP contribution in [0.25, 0.3) is 0 Å². The van der Waals surface area contributed by atoms with E-state index in [1.807, 2.05) is 35.2 Å². The summed E-state index contributed by atoms with van der Waals surface area (Å²) in [5, 5.41) is 3.05. The Labute approximate surface area is 177 Å². The average molecular weight is 408 g/mol. The van der Waals surface area contributed by atoms with Gasteiger partial charge in [0.15, 0.2) is 0 Å². The Morgan fingerprint density at radius 2 is 1.77 bits per heavy atom. The molecule has 2 aliphatic rings. The van der Waals surface area contributed by atoms with Gasteiger partial charge in [0, 0.05) is 44.0 Å². The van der Waals surface area contributed by atoms with Crippen LogP contribution < -0.4 is 16.2 Å². The molecule has 2 aromatic rings. The highest BCUT2D eigenvalue weighted by molar-refractivity contribution is 5.83. The Morgan fingerprint density at radius 3 is 2.50 bits per heavy atom. The summed E-state index contributed by atoms with van der Waals surface area (Å²) in [5.41, 5.74) is 8.70. The Kier molecular flexibility index (Phi) is 6.71. The zero-order chi connectivity index (χ0) is 20.8. The van der Waals surface area contributed by atoms with E-state index in [9.17, 15) is 9.59 Å². The van der Waals surface area contributed by atoms with E-state index >= 15 is 0 Å². The maximum absolute atomic E-state index is 12.9. The fourth-order valence-electron chi connectivity index (χ4n) is 4.23. The highest BCUT2D eigenvalue weighted by atomic mass is 16.2. The summed E-state index contributed by atoms with van der Waals surface area (Å²) in [6.45, 7) is 1.91. The fourth-order valence-corrected chi connectivity index (χ4v) is 4.23. The van der Waals surface area contributed by atoms with Gasteiger partial charge < -0.3 is 10.2 Å². The normalized spacial score (nSPS) is 22.1. The Bertz CT molecular complexity index is 837. The number of benzene rings is 1. The Hall–Kier alpha value is -2.77. The second-order valence-corrected chi connectivity index (χ2v) is 8.04. The molecule has 2 unspecified atom stereocenters. The first-order valence-corrected chi connectivity index (χ1v) is 10.7. The Morgan fingerprint density at radius 1 is 1.03 bits per heavy atom.